The summed E-state index contributed by atoms with van der Waals surface area (Å²) in [6, 6.07) is 11.4. The highest BCUT2D eigenvalue weighted by Crippen LogP contribution is 2.49. The van der Waals surface area contributed by atoms with E-state index < -0.39 is 15.4 Å². The first-order chi connectivity index (χ1) is 14.7. The molecule has 0 heterocycles. The Morgan fingerprint density at radius 3 is 2.06 bits per heavy atom. The van der Waals surface area contributed by atoms with E-state index in [1.807, 2.05) is 45.0 Å². The van der Waals surface area contributed by atoms with Crippen molar-refractivity contribution in [2.75, 3.05) is 4.72 Å². The summed E-state index contributed by atoms with van der Waals surface area (Å²) < 4.78 is 28.7. The molecule has 2 aliphatic carbocycles. The fraction of sp³-hybridized carbons (Fsp3) is 0.480. The van der Waals surface area contributed by atoms with Crippen molar-refractivity contribution in [3.63, 3.8) is 0 Å². The van der Waals surface area contributed by atoms with Gasteiger partial charge in [0.25, 0.3) is 10.0 Å². The molecule has 0 spiro atoms. The summed E-state index contributed by atoms with van der Waals surface area (Å²) in [5.41, 5.74) is 3.53. The van der Waals surface area contributed by atoms with Crippen molar-refractivity contribution >= 4 is 21.6 Å². The maximum atomic E-state index is 13.0. The molecule has 2 aliphatic rings. The molecule has 2 fully saturated rings. The van der Waals surface area contributed by atoms with Gasteiger partial charge in [0.2, 0.25) is 5.91 Å². The number of aryl methyl sites for hydroxylation is 3. The van der Waals surface area contributed by atoms with E-state index in [0.29, 0.717) is 16.6 Å². The smallest absolute Gasteiger partial charge is 0.262 e. The van der Waals surface area contributed by atoms with Gasteiger partial charge in [0.05, 0.1) is 10.3 Å². The van der Waals surface area contributed by atoms with E-state index in [2.05, 4.69) is 10.0 Å². The quantitative estimate of drug-likeness (QED) is 0.671. The molecular formula is C25H32N2O3S. The molecule has 2 aromatic rings. The van der Waals surface area contributed by atoms with Gasteiger partial charge in [0, 0.05) is 11.7 Å². The third-order valence-corrected chi connectivity index (χ3v) is 8.37. The SMILES string of the molecule is Cc1cc(C)c(S(=O)(=O)Nc2ccc(C3(C(=O)NC4CCCCC4)CC3)cc2)c(C)c1. The maximum Gasteiger partial charge on any atom is 0.262 e. The zero-order valence-corrected chi connectivity index (χ0v) is 19.4. The standard InChI is InChI=1S/C25H32N2O3S/c1-17-15-18(2)23(19(3)16-17)31(29,30)27-22-11-9-20(10-12-22)25(13-14-25)24(28)26-21-7-5-4-6-8-21/h9-12,15-16,21,27H,4-8,13-14H2,1-3H3,(H,26,28). The number of anilines is 1. The van der Waals surface area contributed by atoms with Crippen LogP contribution >= 0.6 is 0 Å². The van der Waals surface area contributed by atoms with E-state index in [4.69, 9.17) is 0 Å². The molecule has 4 rings (SSSR count). The summed E-state index contributed by atoms with van der Waals surface area (Å²) in [6.07, 6.45) is 7.47. The molecule has 6 heteroatoms. The molecule has 0 radical (unpaired) electrons. The van der Waals surface area contributed by atoms with Gasteiger partial charge in [-0.05, 0) is 75.3 Å². The minimum atomic E-state index is -3.69. The lowest BCUT2D eigenvalue weighted by Crippen LogP contribution is -2.42. The van der Waals surface area contributed by atoms with Gasteiger partial charge in [0.15, 0.2) is 0 Å². The molecule has 0 aliphatic heterocycles. The topological polar surface area (TPSA) is 75.3 Å². The van der Waals surface area contributed by atoms with Gasteiger partial charge in [-0.25, -0.2) is 8.42 Å². The van der Waals surface area contributed by atoms with E-state index in [9.17, 15) is 13.2 Å². The number of benzene rings is 2. The van der Waals surface area contributed by atoms with Crippen molar-refractivity contribution in [3.05, 3.63) is 58.7 Å². The summed E-state index contributed by atoms with van der Waals surface area (Å²) in [5, 5.41) is 3.26. The van der Waals surface area contributed by atoms with E-state index in [1.54, 1.807) is 12.1 Å². The van der Waals surface area contributed by atoms with Crippen LogP contribution in [0.1, 0.15) is 67.2 Å². The van der Waals surface area contributed by atoms with Crippen LogP contribution in [0.3, 0.4) is 0 Å². The van der Waals surface area contributed by atoms with Crippen molar-refractivity contribution in [1.29, 1.82) is 0 Å². The van der Waals surface area contributed by atoms with Crippen LogP contribution in [0.4, 0.5) is 5.69 Å². The fourth-order valence-corrected chi connectivity index (χ4v) is 6.51. The number of sulfonamides is 1. The Labute approximate surface area is 185 Å². The first-order valence-corrected chi connectivity index (χ1v) is 12.7. The molecule has 0 aromatic heterocycles. The molecular weight excluding hydrogens is 408 g/mol. The first-order valence-electron chi connectivity index (χ1n) is 11.2. The second kappa shape index (κ2) is 8.30. The first kappa shape index (κ1) is 21.9. The Bertz CT molecular complexity index is 1060. The third kappa shape index (κ3) is 4.49. The molecule has 2 aromatic carbocycles. The monoisotopic (exact) mass is 440 g/mol. The lowest BCUT2D eigenvalue weighted by atomic mass is 9.91. The lowest BCUT2D eigenvalue weighted by Gasteiger charge is -2.25. The Kier molecular flexibility index (Phi) is 5.86. The Morgan fingerprint density at radius 1 is 0.935 bits per heavy atom. The molecule has 2 N–H and O–H groups in total. The molecule has 166 valence electrons. The molecule has 0 saturated heterocycles. The van der Waals surface area contributed by atoms with Crippen molar-refractivity contribution in [2.24, 2.45) is 0 Å². The third-order valence-electron chi connectivity index (χ3n) is 6.69. The molecule has 0 bridgehead atoms. The van der Waals surface area contributed by atoms with E-state index in [0.717, 1.165) is 47.9 Å². The Morgan fingerprint density at radius 2 is 1.52 bits per heavy atom. The van der Waals surface area contributed by atoms with Gasteiger partial charge in [-0.1, -0.05) is 49.1 Å². The minimum Gasteiger partial charge on any atom is -0.353 e. The Balaban J connectivity index is 1.49. The van der Waals surface area contributed by atoms with Crippen LogP contribution in [0.5, 0.6) is 0 Å². The van der Waals surface area contributed by atoms with Crippen LogP contribution < -0.4 is 10.0 Å². The second-order valence-corrected chi connectivity index (χ2v) is 10.9. The number of carbonyl (C=O) groups excluding carboxylic acids is 1. The zero-order valence-electron chi connectivity index (χ0n) is 18.6. The normalized spacial score (nSPS) is 18.4. The predicted molar refractivity (Wildman–Crippen MR) is 124 cm³/mol. The minimum absolute atomic E-state index is 0.124. The average molecular weight is 441 g/mol. The second-order valence-electron chi connectivity index (χ2n) is 9.30. The van der Waals surface area contributed by atoms with Gasteiger partial charge >= 0.3 is 0 Å². The van der Waals surface area contributed by atoms with Crippen LogP contribution in [0, 0.1) is 20.8 Å². The highest BCUT2D eigenvalue weighted by molar-refractivity contribution is 7.92. The van der Waals surface area contributed by atoms with Crippen molar-refractivity contribution in [2.45, 2.75) is 82.1 Å². The number of nitrogens with one attached hydrogen (secondary N) is 2. The van der Waals surface area contributed by atoms with E-state index in [1.165, 1.54) is 19.3 Å². The fourth-order valence-electron chi connectivity index (χ4n) is 5.00. The van der Waals surface area contributed by atoms with Crippen LogP contribution in [0.2, 0.25) is 0 Å². The van der Waals surface area contributed by atoms with Crippen LogP contribution in [0.15, 0.2) is 41.3 Å². The summed E-state index contributed by atoms with van der Waals surface area (Å²) in [5.74, 6) is 0.124. The van der Waals surface area contributed by atoms with Gasteiger partial charge in [-0.15, -0.1) is 0 Å². The number of amides is 1. The van der Waals surface area contributed by atoms with E-state index in [-0.39, 0.29) is 5.91 Å². The lowest BCUT2D eigenvalue weighted by molar-refractivity contribution is -0.124. The molecule has 1 amide bonds. The zero-order chi connectivity index (χ0) is 22.2. The number of carbonyl (C=O) groups is 1. The summed E-state index contributed by atoms with van der Waals surface area (Å²) >= 11 is 0. The van der Waals surface area contributed by atoms with Crippen molar-refractivity contribution in [1.82, 2.24) is 5.32 Å². The van der Waals surface area contributed by atoms with Crippen LogP contribution in [-0.2, 0) is 20.2 Å². The summed E-state index contributed by atoms with van der Waals surface area (Å²) in [4.78, 5) is 13.3. The number of hydrogen-bond donors (Lipinski definition) is 2. The van der Waals surface area contributed by atoms with Crippen LogP contribution in [0.25, 0.3) is 0 Å². The van der Waals surface area contributed by atoms with Gasteiger partial charge in [0.1, 0.15) is 0 Å². The Hall–Kier alpha value is -2.34. The molecule has 5 nitrogen and oxygen atoms in total. The van der Waals surface area contributed by atoms with Gasteiger partial charge in [-0.3, -0.25) is 9.52 Å². The summed E-state index contributed by atoms with van der Waals surface area (Å²) in [7, 11) is -3.69. The van der Waals surface area contributed by atoms with Crippen LogP contribution in [-0.4, -0.2) is 20.4 Å². The maximum absolute atomic E-state index is 13.0. The molecule has 31 heavy (non-hydrogen) atoms. The highest BCUT2D eigenvalue weighted by atomic mass is 32.2. The van der Waals surface area contributed by atoms with Gasteiger partial charge < -0.3 is 5.32 Å². The summed E-state index contributed by atoms with van der Waals surface area (Å²) in [6.45, 7) is 5.60. The highest BCUT2D eigenvalue weighted by Gasteiger charge is 2.51. The van der Waals surface area contributed by atoms with E-state index >= 15 is 0 Å². The molecule has 0 unspecified atom stereocenters. The average Bonchev–Trinajstić information content (AvgIpc) is 3.50. The van der Waals surface area contributed by atoms with Gasteiger partial charge in [-0.2, -0.15) is 0 Å². The number of hydrogen-bond acceptors (Lipinski definition) is 3. The largest absolute Gasteiger partial charge is 0.353 e. The molecule has 2 saturated carbocycles. The predicted octanol–water partition coefficient (Wildman–Crippen LogP) is 4.89. The number of rotatable bonds is 6. The van der Waals surface area contributed by atoms with Crippen molar-refractivity contribution in [3.8, 4) is 0 Å². The van der Waals surface area contributed by atoms with Crippen molar-refractivity contribution < 1.29 is 13.2 Å². The molecule has 0 atom stereocenters.